The standard InChI is InChI=1S/C6H5IO.C6H8O/c7-5-3-1-2-4-6(5)8;7-6-4-2-1-3-5-6/h1-4,8H;1-4,6-7H,5H2. The van der Waals surface area contributed by atoms with Crippen molar-refractivity contribution < 1.29 is 10.2 Å². The minimum Gasteiger partial charge on any atom is -0.507 e. The molecular weight excluding hydrogens is 303 g/mol. The monoisotopic (exact) mass is 316 g/mol. The lowest BCUT2D eigenvalue weighted by Crippen LogP contribution is -2.00. The number of aliphatic hydroxyl groups is 1. The van der Waals surface area contributed by atoms with Gasteiger partial charge in [-0.1, -0.05) is 36.4 Å². The van der Waals surface area contributed by atoms with Gasteiger partial charge in [-0.2, -0.15) is 0 Å². The minimum absolute atomic E-state index is 0.231. The molecule has 2 rings (SSSR count). The molecule has 3 heteroatoms. The quantitative estimate of drug-likeness (QED) is 0.723. The number of halogens is 1. The van der Waals surface area contributed by atoms with Crippen LogP contribution in [0.4, 0.5) is 0 Å². The molecule has 0 bridgehead atoms. The fraction of sp³-hybridized carbons (Fsp3) is 0.167. The third kappa shape index (κ3) is 4.99. The molecule has 0 aromatic heterocycles. The number of aromatic hydroxyl groups is 1. The number of hydrogen-bond acceptors (Lipinski definition) is 2. The van der Waals surface area contributed by atoms with Crippen molar-refractivity contribution >= 4 is 22.6 Å². The highest BCUT2D eigenvalue weighted by Crippen LogP contribution is 2.16. The van der Waals surface area contributed by atoms with Gasteiger partial charge in [-0.25, -0.2) is 0 Å². The first-order valence-corrected chi connectivity index (χ1v) is 5.73. The topological polar surface area (TPSA) is 40.5 Å². The predicted molar refractivity (Wildman–Crippen MR) is 69.7 cm³/mol. The average molecular weight is 316 g/mol. The first kappa shape index (κ1) is 12.3. The molecule has 0 radical (unpaired) electrons. The third-order valence-electron chi connectivity index (χ3n) is 1.81. The Morgan fingerprint density at radius 1 is 1.20 bits per heavy atom. The Kier molecular flexibility index (Phi) is 5.42. The van der Waals surface area contributed by atoms with Crippen molar-refractivity contribution in [3.63, 3.8) is 0 Å². The van der Waals surface area contributed by atoms with Crippen molar-refractivity contribution in [3.05, 3.63) is 52.1 Å². The van der Waals surface area contributed by atoms with E-state index in [4.69, 9.17) is 10.2 Å². The van der Waals surface area contributed by atoms with Gasteiger partial charge < -0.3 is 10.2 Å². The molecule has 1 aromatic carbocycles. The summed E-state index contributed by atoms with van der Waals surface area (Å²) < 4.78 is 0.894. The van der Waals surface area contributed by atoms with Crippen LogP contribution in [-0.2, 0) is 0 Å². The smallest absolute Gasteiger partial charge is 0.128 e. The molecule has 1 atom stereocenters. The summed E-state index contributed by atoms with van der Waals surface area (Å²) in [6, 6.07) is 7.22. The average Bonchev–Trinajstić information content (AvgIpc) is 2.25. The highest BCUT2D eigenvalue weighted by atomic mass is 127. The molecule has 0 saturated heterocycles. The molecule has 1 aromatic rings. The van der Waals surface area contributed by atoms with Crippen LogP contribution >= 0.6 is 22.6 Å². The maximum Gasteiger partial charge on any atom is 0.128 e. The van der Waals surface area contributed by atoms with E-state index in [0.717, 1.165) is 9.99 Å². The van der Waals surface area contributed by atoms with Gasteiger partial charge >= 0.3 is 0 Å². The first-order chi connectivity index (χ1) is 7.20. The summed E-state index contributed by atoms with van der Waals surface area (Å²) in [6.45, 7) is 0. The Bertz CT molecular complexity index is 337. The van der Waals surface area contributed by atoms with E-state index >= 15 is 0 Å². The molecule has 15 heavy (non-hydrogen) atoms. The van der Waals surface area contributed by atoms with Crippen molar-refractivity contribution in [2.45, 2.75) is 12.5 Å². The van der Waals surface area contributed by atoms with Crippen LogP contribution in [-0.4, -0.2) is 16.3 Å². The van der Waals surface area contributed by atoms with E-state index in [9.17, 15) is 0 Å². The van der Waals surface area contributed by atoms with Gasteiger partial charge in [-0.05, 0) is 41.1 Å². The first-order valence-electron chi connectivity index (χ1n) is 4.65. The van der Waals surface area contributed by atoms with Gasteiger partial charge in [0.2, 0.25) is 0 Å². The van der Waals surface area contributed by atoms with Crippen molar-refractivity contribution in [2.24, 2.45) is 0 Å². The molecule has 1 aliphatic carbocycles. The second-order valence-electron chi connectivity index (χ2n) is 3.07. The van der Waals surface area contributed by atoms with Crippen LogP contribution in [0.2, 0.25) is 0 Å². The number of rotatable bonds is 0. The second-order valence-corrected chi connectivity index (χ2v) is 4.23. The van der Waals surface area contributed by atoms with Crippen LogP contribution in [0.15, 0.2) is 48.6 Å². The number of phenolic OH excluding ortho intramolecular Hbond substituents is 1. The van der Waals surface area contributed by atoms with Crippen LogP contribution in [0.25, 0.3) is 0 Å². The highest BCUT2D eigenvalue weighted by molar-refractivity contribution is 14.1. The lowest BCUT2D eigenvalue weighted by molar-refractivity contribution is 0.225. The summed E-state index contributed by atoms with van der Waals surface area (Å²) in [4.78, 5) is 0. The van der Waals surface area contributed by atoms with Gasteiger partial charge in [0, 0.05) is 0 Å². The Balaban J connectivity index is 0.000000151. The Morgan fingerprint density at radius 2 is 1.93 bits per heavy atom. The van der Waals surface area contributed by atoms with Crippen molar-refractivity contribution in [2.75, 3.05) is 0 Å². The summed E-state index contributed by atoms with van der Waals surface area (Å²) in [5.41, 5.74) is 0. The largest absolute Gasteiger partial charge is 0.507 e. The molecule has 0 spiro atoms. The van der Waals surface area contributed by atoms with Gasteiger partial charge in [0.1, 0.15) is 5.75 Å². The third-order valence-corrected chi connectivity index (χ3v) is 2.72. The normalized spacial score (nSPS) is 18.1. The van der Waals surface area contributed by atoms with Crippen LogP contribution in [0.1, 0.15) is 6.42 Å². The summed E-state index contributed by atoms with van der Waals surface area (Å²) in [7, 11) is 0. The van der Waals surface area contributed by atoms with E-state index in [1.54, 1.807) is 18.2 Å². The maximum atomic E-state index is 8.91. The zero-order chi connectivity index (χ0) is 11.1. The van der Waals surface area contributed by atoms with Crippen LogP contribution in [0.3, 0.4) is 0 Å². The molecule has 0 fully saturated rings. The van der Waals surface area contributed by atoms with E-state index in [-0.39, 0.29) is 6.10 Å². The molecule has 2 N–H and O–H groups in total. The zero-order valence-corrected chi connectivity index (χ0v) is 10.3. The van der Waals surface area contributed by atoms with Crippen molar-refractivity contribution in [1.29, 1.82) is 0 Å². The number of hydrogen-bond donors (Lipinski definition) is 2. The number of aliphatic hydroxyl groups excluding tert-OH is 1. The number of allylic oxidation sites excluding steroid dienone is 2. The molecule has 0 saturated carbocycles. The number of phenols is 1. The maximum absolute atomic E-state index is 8.91. The molecular formula is C12H13IO2. The Hall–Kier alpha value is -0.810. The molecule has 80 valence electrons. The van der Waals surface area contributed by atoms with Crippen LogP contribution in [0, 0.1) is 3.57 Å². The highest BCUT2D eigenvalue weighted by Gasteiger charge is 1.95. The number of benzene rings is 1. The van der Waals surface area contributed by atoms with E-state index in [1.807, 2.05) is 30.4 Å². The number of para-hydroxylation sites is 1. The minimum atomic E-state index is -0.231. The zero-order valence-electron chi connectivity index (χ0n) is 8.18. The van der Waals surface area contributed by atoms with Gasteiger partial charge in [0.15, 0.2) is 0 Å². The van der Waals surface area contributed by atoms with Crippen molar-refractivity contribution in [3.8, 4) is 5.75 Å². The molecule has 1 unspecified atom stereocenters. The van der Waals surface area contributed by atoms with Crippen LogP contribution < -0.4 is 0 Å². The van der Waals surface area contributed by atoms with E-state index in [1.165, 1.54) is 0 Å². The Labute approximate surface area is 103 Å². The summed E-state index contributed by atoms with van der Waals surface area (Å²) in [5.74, 6) is 0.355. The van der Waals surface area contributed by atoms with Gasteiger partial charge in [0.05, 0.1) is 9.67 Å². The lowest BCUT2D eigenvalue weighted by Gasteiger charge is -2.01. The molecule has 0 aliphatic heterocycles. The fourth-order valence-electron chi connectivity index (χ4n) is 1.02. The predicted octanol–water partition coefficient (Wildman–Crippen LogP) is 2.86. The van der Waals surface area contributed by atoms with Gasteiger partial charge in [0.25, 0.3) is 0 Å². The molecule has 1 aliphatic rings. The molecule has 0 heterocycles. The summed E-state index contributed by atoms with van der Waals surface area (Å²) in [5, 5.41) is 17.7. The Morgan fingerprint density at radius 3 is 2.27 bits per heavy atom. The second kappa shape index (κ2) is 6.63. The lowest BCUT2D eigenvalue weighted by atomic mass is 10.1. The van der Waals surface area contributed by atoms with E-state index in [0.29, 0.717) is 5.75 Å². The molecule has 2 nitrogen and oxygen atoms in total. The van der Waals surface area contributed by atoms with E-state index < -0.39 is 0 Å². The van der Waals surface area contributed by atoms with Crippen LogP contribution in [0.5, 0.6) is 5.75 Å². The van der Waals surface area contributed by atoms with Gasteiger partial charge in [-0.3, -0.25) is 0 Å². The molecule has 0 amide bonds. The SMILES string of the molecule is OC1C=CC=CC1.Oc1ccccc1I. The summed E-state index contributed by atoms with van der Waals surface area (Å²) in [6.07, 6.45) is 8.06. The summed E-state index contributed by atoms with van der Waals surface area (Å²) >= 11 is 2.07. The fourth-order valence-corrected chi connectivity index (χ4v) is 1.41. The van der Waals surface area contributed by atoms with Gasteiger partial charge in [-0.15, -0.1) is 0 Å². The van der Waals surface area contributed by atoms with E-state index in [2.05, 4.69) is 22.6 Å². The van der Waals surface area contributed by atoms with Crippen molar-refractivity contribution in [1.82, 2.24) is 0 Å².